The molecule has 1 aliphatic heterocycles. The fraction of sp³-hybridized carbons (Fsp3) is 0.318. The molecule has 4 rings (SSSR count). The highest BCUT2D eigenvalue weighted by atomic mass is 19.4. The fourth-order valence-corrected chi connectivity index (χ4v) is 4.44. The summed E-state index contributed by atoms with van der Waals surface area (Å²) in [6, 6.07) is 12.9. The highest BCUT2D eigenvalue weighted by Gasteiger charge is 2.55. The standard InChI is InChI=1S/C22H22F3N3O2/c1-20(13-27(2)14-20)21(29,16-6-8-19(9-7-16)30-22(23,24)25)17-4-3-5-18(12-17)28-11-10-26-15-28/h3-12,15,29H,13-14H2,1-2H3. The molecule has 30 heavy (non-hydrogen) atoms. The third kappa shape index (κ3) is 3.57. The Bertz CT molecular complexity index is 1010. The minimum absolute atomic E-state index is 0.323. The second-order valence-corrected chi connectivity index (χ2v) is 8.04. The molecule has 1 atom stereocenters. The van der Waals surface area contributed by atoms with Crippen LogP contribution in [-0.4, -0.2) is 46.1 Å². The van der Waals surface area contributed by atoms with Crippen LogP contribution in [0.3, 0.4) is 0 Å². The Morgan fingerprint density at radius 1 is 1.07 bits per heavy atom. The molecule has 0 radical (unpaired) electrons. The summed E-state index contributed by atoms with van der Waals surface area (Å²) in [6.45, 7) is 3.26. The summed E-state index contributed by atoms with van der Waals surface area (Å²) < 4.78 is 43.4. The van der Waals surface area contributed by atoms with E-state index < -0.39 is 17.4 Å². The van der Waals surface area contributed by atoms with Gasteiger partial charge in [0.05, 0.1) is 6.33 Å². The van der Waals surface area contributed by atoms with E-state index in [4.69, 9.17) is 0 Å². The molecule has 0 amide bonds. The molecule has 2 heterocycles. The van der Waals surface area contributed by atoms with E-state index in [1.165, 1.54) is 24.3 Å². The van der Waals surface area contributed by atoms with Crippen LogP contribution in [0.4, 0.5) is 13.2 Å². The van der Waals surface area contributed by atoms with Crippen molar-refractivity contribution in [3.05, 3.63) is 78.4 Å². The first-order chi connectivity index (χ1) is 14.1. The van der Waals surface area contributed by atoms with Crippen LogP contribution in [0, 0.1) is 5.41 Å². The lowest BCUT2D eigenvalue weighted by atomic mass is 9.62. The number of hydrogen-bond donors (Lipinski definition) is 1. The average molecular weight is 417 g/mol. The number of alkyl halides is 3. The van der Waals surface area contributed by atoms with Gasteiger partial charge in [0.15, 0.2) is 0 Å². The second-order valence-electron chi connectivity index (χ2n) is 8.04. The molecule has 0 bridgehead atoms. The molecule has 2 aromatic carbocycles. The monoisotopic (exact) mass is 417 g/mol. The van der Waals surface area contributed by atoms with Crippen LogP contribution < -0.4 is 4.74 Å². The molecule has 1 aliphatic rings. The van der Waals surface area contributed by atoms with Crippen molar-refractivity contribution in [3.63, 3.8) is 0 Å². The van der Waals surface area contributed by atoms with Crippen molar-refractivity contribution in [1.29, 1.82) is 0 Å². The van der Waals surface area contributed by atoms with Crippen LogP contribution in [-0.2, 0) is 5.60 Å². The summed E-state index contributed by atoms with van der Waals surface area (Å²) >= 11 is 0. The second kappa shape index (κ2) is 7.14. The highest BCUT2D eigenvalue weighted by Crippen LogP contribution is 2.50. The van der Waals surface area contributed by atoms with Gasteiger partial charge in [-0.3, -0.25) is 0 Å². The highest BCUT2D eigenvalue weighted by molar-refractivity contribution is 5.46. The van der Waals surface area contributed by atoms with Crippen LogP contribution in [0.1, 0.15) is 18.1 Å². The molecule has 0 saturated carbocycles. The van der Waals surface area contributed by atoms with Crippen molar-refractivity contribution in [2.45, 2.75) is 18.9 Å². The number of rotatable bonds is 5. The van der Waals surface area contributed by atoms with Gasteiger partial charge in [-0.2, -0.15) is 0 Å². The zero-order chi connectivity index (χ0) is 21.6. The van der Waals surface area contributed by atoms with Crippen LogP contribution in [0.15, 0.2) is 67.3 Å². The van der Waals surface area contributed by atoms with Crippen LogP contribution in [0.25, 0.3) is 5.69 Å². The third-order valence-corrected chi connectivity index (χ3v) is 5.68. The molecule has 1 fully saturated rings. The van der Waals surface area contributed by atoms with Gasteiger partial charge in [0.25, 0.3) is 0 Å². The van der Waals surface area contributed by atoms with Crippen LogP contribution in [0.2, 0.25) is 0 Å². The van der Waals surface area contributed by atoms with Gasteiger partial charge in [0.1, 0.15) is 11.4 Å². The van der Waals surface area contributed by atoms with Crippen molar-refractivity contribution in [1.82, 2.24) is 14.5 Å². The van der Waals surface area contributed by atoms with E-state index >= 15 is 0 Å². The molecule has 0 spiro atoms. The summed E-state index contributed by atoms with van der Waals surface area (Å²) in [5.74, 6) is -0.323. The van der Waals surface area contributed by atoms with Crippen molar-refractivity contribution < 1.29 is 23.0 Å². The topological polar surface area (TPSA) is 50.5 Å². The lowest BCUT2D eigenvalue weighted by Gasteiger charge is -2.56. The summed E-state index contributed by atoms with van der Waals surface area (Å²) in [7, 11) is 1.96. The number of hydrogen-bond acceptors (Lipinski definition) is 4. The minimum atomic E-state index is -4.76. The van der Waals surface area contributed by atoms with Gasteiger partial charge in [-0.25, -0.2) is 4.98 Å². The number of aliphatic hydroxyl groups is 1. The SMILES string of the molecule is CN1CC(C)(C(O)(c2ccc(OC(F)(F)F)cc2)c2cccc(-n3ccnc3)c2)C1. The number of imidazole rings is 1. The lowest BCUT2D eigenvalue weighted by molar-refractivity contribution is -0.274. The minimum Gasteiger partial charge on any atom is -0.406 e. The van der Waals surface area contributed by atoms with Crippen molar-refractivity contribution >= 4 is 0 Å². The van der Waals surface area contributed by atoms with E-state index in [1.807, 2.05) is 42.8 Å². The third-order valence-electron chi connectivity index (χ3n) is 5.68. The maximum atomic E-state index is 12.5. The molecule has 1 aromatic heterocycles. The van der Waals surface area contributed by atoms with Gasteiger partial charge >= 0.3 is 6.36 Å². The number of benzene rings is 2. The van der Waals surface area contributed by atoms with Gasteiger partial charge in [0.2, 0.25) is 0 Å². The Labute approximate surface area is 172 Å². The van der Waals surface area contributed by atoms with E-state index in [0.29, 0.717) is 24.2 Å². The van der Waals surface area contributed by atoms with Crippen molar-refractivity contribution in [3.8, 4) is 11.4 Å². The van der Waals surface area contributed by atoms with E-state index in [-0.39, 0.29) is 5.75 Å². The van der Waals surface area contributed by atoms with Crippen LogP contribution >= 0.6 is 0 Å². The smallest absolute Gasteiger partial charge is 0.406 e. The maximum Gasteiger partial charge on any atom is 0.573 e. The Morgan fingerprint density at radius 2 is 1.77 bits per heavy atom. The lowest BCUT2D eigenvalue weighted by Crippen LogP contribution is -2.63. The molecule has 1 saturated heterocycles. The number of ether oxygens (including phenoxy) is 1. The molecule has 1 unspecified atom stereocenters. The summed E-state index contributed by atoms with van der Waals surface area (Å²) in [5, 5.41) is 12.1. The molecule has 158 valence electrons. The van der Waals surface area contributed by atoms with Gasteiger partial charge in [-0.15, -0.1) is 13.2 Å². The first-order valence-corrected chi connectivity index (χ1v) is 9.47. The predicted octanol–water partition coefficient (Wildman–Crippen LogP) is 3.96. The van der Waals surface area contributed by atoms with Crippen molar-refractivity contribution in [2.75, 3.05) is 20.1 Å². The van der Waals surface area contributed by atoms with E-state index in [9.17, 15) is 18.3 Å². The van der Waals surface area contributed by atoms with Gasteiger partial charge in [0, 0.05) is 36.6 Å². The number of likely N-dealkylation sites (tertiary alicyclic amines) is 1. The molecule has 8 heteroatoms. The van der Waals surface area contributed by atoms with Crippen LogP contribution in [0.5, 0.6) is 5.75 Å². The number of aromatic nitrogens is 2. The summed E-state index contributed by atoms with van der Waals surface area (Å²) in [6.07, 6.45) is 0.376. The molecular weight excluding hydrogens is 395 g/mol. The number of nitrogens with zero attached hydrogens (tertiary/aromatic N) is 3. The predicted molar refractivity (Wildman–Crippen MR) is 105 cm³/mol. The zero-order valence-electron chi connectivity index (χ0n) is 16.6. The normalized spacial score (nSPS) is 18.5. The Kier molecular flexibility index (Phi) is 4.86. The molecule has 0 aliphatic carbocycles. The van der Waals surface area contributed by atoms with Gasteiger partial charge in [-0.1, -0.05) is 31.2 Å². The van der Waals surface area contributed by atoms with E-state index in [1.54, 1.807) is 18.7 Å². The Balaban J connectivity index is 1.78. The quantitative estimate of drug-likeness (QED) is 0.683. The maximum absolute atomic E-state index is 12.5. The Hall–Kier alpha value is -2.84. The Morgan fingerprint density at radius 3 is 2.33 bits per heavy atom. The molecule has 3 aromatic rings. The van der Waals surface area contributed by atoms with E-state index in [0.717, 1.165) is 5.69 Å². The molecule has 1 N–H and O–H groups in total. The summed E-state index contributed by atoms with van der Waals surface area (Å²) in [4.78, 5) is 6.15. The van der Waals surface area contributed by atoms with Gasteiger partial charge in [-0.05, 0) is 42.4 Å². The van der Waals surface area contributed by atoms with E-state index in [2.05, 4.69) is 14.6 Å². The average Bonchev–Trinajstić information content (AvgIpc) is 3.20. The first-order valence-electron chi connectivity index (χ1n) is 9.47. The van der Waals surface area contributed by atoms with Gasteiger partial charge < -0.3 is 19.3 Å². The number of halogens is 3. The zero-order valence-corrected chi connectivity index (χ0v) is 16.6. The molecule has 5 nitrogen and oxygen atoms in total. The fourth-order valence-electron chi connectivity index (χ4n) is 4.44. The molecular formula is C22H22F3N3O2. The van der Waals surface area contributed by atoms with Crippen molar-refractivity contribution in [2.24, 2.45) is 5.41 Å². The largest absolute Gasteiger partial charge is 0.573 e. The first kappa shape index (κ1) is 20.4. The summed E-state index contributed by atoms with van der Waals surface area (Å²) in [5.41, 5.74) is 0.0649.